The predicted octanol–water partition coefficient (Wildman–Crippen LogP) is 5.77. The molecule has 0 saturated carbocycles. The fraction of sp³-hybridized carbons (Fsp3) is 0.316. The second-order valence-corrected chi connectivity index (χ2v) is 5.83. The highest BCUT2D eigenvalue weighted by atomic mass is 35.5. The minimum absolute atomic E-state index is 0.730. The summed E-state index contributed by atoms with van der Waals surface area (Å²) in [5.74, 6) is 0.863. The zero-order valence-electron chi connectivity index (χ0n) is 13.2. The first-order chi connectivity index (χ1) is 10.6. The zero-order chi connectivity index (χ0) is 15.9. The number of rotatable bonds is 7. The molecule has 3 heteroatoms. The summed E-state index contributed by atoms with van der Waals surface area (Å²) < 4.78 is 5.54. The molecule has 116 valence electrons. The Morgan fingerprint density at radius 3 is 2.45 bits per heavy atom. The van der Waals surface area contributed by atoms with Gasteiger partial charge in [-0.3, -0.25) is 0 Å². The van der Waals surface area contributed by atoms with E-state index in [1.54, 1.807) is 7.11 Å². The minimum Gasteiger partial charge on any atom is -0.496 e. The summed E-state index contributed by atoms with van der Waals surface area (Å²) in [7, 11) is 1.69. The largest absolute Gasteiger partial charge is 0.496 e. The van der Waals surface area contributed by atoms with E-state index in [1.807, 2.05) is 24.3 Å². The van der Waals surface area contributed by atoms with Gasteiger partial charge in [0.2, 0.25) is 0 Å². The number of hydrogen-bond acceptors (Lipinski definition) is 2. The van der Waals surface area contributed by atoms with Crippen LogP contribution in [-0.2, 0) is 6.42 Å². The van der Waals surface area contributed by atoms with E-state index < -0.39 is 0 Å². The number of aryl methyl sites for hydroxylation is 1. The average molecular weight is 316 g/mol. The number of nitrogens with one attached hydrogen (secondary N) is 1. The summed E-state index contributed by atoms with van der Waals surface area (Å²) in [5.41, 5.74) is 4.18. The topological polar surface area (TPSA) is 33.1 Å². The summed E-state index contributed by atoms with van der Waals surface area (Å²) in [6, 6.07) is 14.0. The Morgan fingerprint density at radius 2 is 1.82 bits per heavy atom. The summed E-state index contributed by atoms with van der Waals surface area (Å²) in [5, 5.41) is 8.62. The van der Waals surface area contributed by atoms with E-state index in [4.69, 9.17) is 21.7 Å². The number of benzene rings is 2. The normalized spacial score (nSPS) is 10.5. The highest BCUT2D eigenvalue weighted by Crippen LogP contribution is 2.32. The molecule has 2 aromatic rings. The van der Waals surface area contributed by atoms with Crippen LogP contribution in [0.25, 0.3) is 11.1 Å². The Balaban J connectivity index is 2.17. The molecule has 0 saturated heterocycles. The van der Waals surface area contributed by atoms with Crippen molar-refractivity contribution in [3.63, 3.8) is 0 Å². The van der Waals surface area contributed by atoms with E-state index in [1.165, 1.54) is 5.56 Å². The van der Waals surface area contributed by atoms with E-state index in [0.717, 1.165) is 53.3 Å². The van der Waals surface area contributed by atoms with Crippen LogP contribution >= 0.6 is 11.6 Å². The third-order valence-electron chi connectivity index (χ3n) is 3.69. The molecule has 22 heavy (non-hydrogen) atoms. The third kappa shape index (κ3) is 4.35. The molecule has 0 aliphatic rings. The number of ether oxygens (including phenoxy) is 1. The molecule has 0 spiro atoms. The first-order valence-electron chi connectivity index (χ1n) is 7.63. The van der Waals surface area contributed by atoms with Crippen LogP contribution in [0.15, 0.2) is 42.5 Å². The molecule has 0 fully saturated rings. The molecule has 0 aromatic heterocycles. The molecule has 2 nitrogen and oxygen atoms in total. The molecule has 0 aliphatic carbocycles. The van der Waals surface area contributed by atoms with Gasteiger partial charge in [-0.25, -0.2) is 0 Å². The van der Waals surface area contributed by atoms with E-state index in [-0.39, 0.29) is 0 Å². The first kappa shape index (κ1) is 16.6. The fourth-order valence-corrected chi connectivity index (χ4v) is 2.61. The van der Waals surface area contributed by atoms with Crippen molar-refractivity contribution in [2.45, 2.75) is 32.6 Å². The second kappa shape index (κ2) is 8.00. The molecule has 0 radical (unpaired) electrons. The van der Waals surface area contributed by atoms with Gasteiger partial charge >= 0.3 is 0 Å². The molecule has 0 bridgehead atoms. The van der Waals surface area contributed by atoms with Crippen LogP contribution in [0.4, 0.5) is 0 Å². The Morgan fingerprint density at radius 1 is 1.09 bits per heavy atom. The van der Waals surface area contributed by atoms with Crippen LogP contribution in [0.2, 0.25) is 5.02 Å². The van der Waals surface area contributed by atoms with Crippen LogP contribution in [0.1, 0.15) is 31.7 Å². The first-order valence-corrected chi connectivity index (χ1v) is 8.01. The maximum Gasteiger partial charge on any atom is 0.126 e. The second-order valence-electron chi connectivity index (χ2n) is 5.40. The van der Waals surface area contributed by atoms with Crippen LogP contribution in [-0.4, -0.2) is 12.8 Å². The van der Waals surface area contributed by atoms with Crippen molar-refractivity contribution in [1.29, 1.82) is 5.41 Å². The lowest BCUT2D eigenvalue weighted by Gasteiger charge is -2.11. The minimum atomic E-state index is 0.730. The molecule has 0 amide bonds. The van der Waals surface area contributed by atoms with Crippen LogP contribution in [0, 0.1) is 5.41 Å². The monoisotopic (exact) mass is 315 g/mol. The maximum absolute atomic E-state index is 7.89. The van der Waals surface area contributed by atoms with Gasteiger partial charge in [-0.15, -0.1) is 0 Å². The van der Waals surface area contributed by atoms with E-state index in [2.05, 4.69) is 25.1 Å². The molecule has 0 atom stereocenters. The van der Waals surface area contributed by atoms with Crippen molar-refractivity contribution < 1.29 is 4.74 Å². The van der Waals surface area contributed by atoms with Gasteiger partial charge in [0.1, 0.15) is 5.75 Å². The molecule has 2 aromatic carbocycles. The molecule has 1 N–H and O–H groups in total. The fourth-order valence-electron chi connectivity index (χ4n) is 2.48. The summed E-state index contributed by atoms with van der Waals surface area (Å²) >= 11 is 5.94. The zero-order valence-corrected chi connectivity index (χ0v) is 13.9. The standard InChI is InChI=1S/C19H22ClNO/c1-3-4-17(21)11-5-14-6-12-18(19(13-14)22-2)15-7-9-16(20)10-8-15/h6-10,12-13,21H,3-5,11H2,1-2H3. The smallest absolute Gasteiger partial charge is 0.126 e. The number of methoxy groups -OCH3 is 1. The van der Waals surface area contributed by atoms with E-state index >= 15 is 0 Å². The summed E-state index contributed by atoms with van der Waals surface area (Å²) in [6.45, 7) is 2.11. The van der Waals surface area contributed by atoms with Crippen LogP contribution in [0.3, 0.4) is 0 Å². The number of halogens is 1. The molecule has 2 rings (SSSR count). The highest BCUT2D eigenvalue weighted by molar-refractivity contribution is 6.30. The number of hydrogen-bond donors (Lipinski definition) is 1. The van der Waals surface area contributed by atoms with Crippen molar-refractivity contribution in [3.8, 4) is 16.9 Å². The lowest BCUT2D eigenvalue weighted by atomic mass is 9.99. The maximum atomic E-state index is 7.89. The molecular weight excluding hydrogens is 294 g/mol. The Labute approximate surface area is 137 Å². The lowest BCUT2D eigenvalue weighted by Crippen LogP contribution is -1.99. The van der Waals surface area contributed by atoms with Gasteiger partial charge in [0.15, 0.2) is 0 Å². The Kier molecular flexibility index (Phi) is 6.02. The molecule has 0 unspecified atom stereocenters. The average Bonchev–Trinajstić information content (AvgIpc) is 2.54. The van der Waals surface area contributed by atoms with Gasteiger partial charge in [-0.2, -0.15) is 0 Å². The Hall–Kier alpha value is -1.80. The quantitative estimate of drug-likeness (QED) is 0.646. The summed E-state index contributed by atoms with van der Waals surface area (Å²) in [4.78, 5) is 0. The molecular formula is C19H22ClNO. The van der Waals surface area contributed by atoms with Crippen LogP contribution < -0.4 is 4.74 Å². The van der Waals surface area contributed by atoms with Gasteiger partial charge in [0, 0.05) is 16.3 Å². The van der Waals surface area contributed by atoms with E-state index in [9.17, 15) is 0 Å². The van der Waals surface area contributed by atoms with Crippen LogP contribution in [0.5, 0.6) is 5.75 Å². The van der Waals surface area contributed by atoms with Crippen molar-refractivity contribution >= 4 is 17.3 Å². The lowest BCUT2D eigenvalue weighted by molar-refractivity contribution is 0.416. The van der Waals surface area contributed by atoms with Crippen molar-refractivity contribution in [3.05, 3.63) is 53.1 Å². The predicted molar refractivity (Wildman–Crippen MR) is 94.4 cm³/mol. The highest BCUT2D eigenvalue weighted by Gasteiger charge is 2.08. The Bertz CT molecular complexity index is 634. The summed E-state index contributed by atoms with van der Waals surface area (Å²) in [6.07, 6.45) is 3.63. The molecule has 0 aliphatic heterocycles. The molecule has 0 heterocycles. The SMILES string of the molecule is CCCC(=N)CCc1ccc(-c2ccc(Cl)cc2)c(OC)c1. The van der Waals surface area contributed by atoms with Gasteiger partial charge in [-0.1, -0.05) is 49.2 Å². The van der Waals surface area contributed by atoms with Gasteiger partial charge in [0.05, 0.1) is 7.11 Å². The van der Waals surface area contributed by atoms with Gasteiger partial charge < -0.3 is 10.1 Å². The van der Waals surface area contributed by atoms with Gasteiger partial charge in [-0.05, 0) is 48.6 Å². The van der Waals surface area contributed by atoms with Gasteiger partial charge in [0.25, 0.3) is 0 Å². The van der Waals surface area contributed by atoms with Crippen molar-refractivity contribution in [1.82, 2.24) is 0 Å². The van der Waals surface area contributed by atoms with E-state index in [0.29, 0.717) is 0 Å². The van der Waals surface area contributed by atoms with Crippen molar-refractivity contribution in [2.75, 3.05) is 7.11 Å². The third-order valence-corrected chi connectivity index (χ3v) is 3.94. The van der Waals surface area contributed by atoms with Crippen molar-refractivity contribution in [2.24, 2.45) is 0 Å².